The molecule has 2 heterocycles. The largest absolute Gasteiger partial charge is 0.495 e. The Labute approximate surface area is 152 Å². The number of aromatic nitrogens is 3. The molecule has 136 valence electrons. The molecule has 0 atom stereocenters. The van der Waals surface area contributed by atoms with Crippen molar-refractivity contribution in [1.29, 1.82) is 0 Å². The highest BCUT2D eigenvalue weighted by Gasteiger charge is 2.17. The third kappa shape index (κ3) is 3.30. The first-order chi connectivity index (χ1) is 13.1. The fraction of sp³-hybridized carbons (Fsp3) is 0.111. The van der Waals surface area contributed by atoms with Crippen LogP contribution in [0.1, 0.15) is 5.82 Å². The molecule has 4 rings (SSSR count). The molecule has 0 bridgehead atoms. The average molecular weight is 366 g/mol. The lowest BCUT2D eigenvalue weighted by atomic mass is 10.2. The molecule has 2 aromatic heterocycles. The molecule has 0 fully saturated rings. The number of amides is 1. The summed E-state index contributed by atoms with van der Waals surface area (Å²) in [5, 5.41) is 6.57. The molecular weight excluding hydrogens is 352 g/mol. The maximum absolute atomic E-state index is 12.3. The summed E-state index contributed by atoms with van der Waals surface area (Å²) in [4.78, 5) is 30.5. The van der Waals surface area contributed by atoms with Gasteiger partial charge in [-0.25, -0.2) is 4.79 Å². The number of carbonyl (C=O) groups excluding carboxylic acids is 1. The Bertz CT molecular complexity index is 1170. The zero-order valence-corrected chi connectivity index (χ0v) is 14.2. The summed E-state index contributed by atoms with van der Waals surface area (Å²) < 4.78 is 15.4. The predicted molar refractivity (Wildman–Crippen MR) is 95.5 cm³/mol. The molecule has 2 N–H and O–H groups in total. The number of oxazole rings is 1. The summed E-state index contributed by atoms with van der Waals surface area (Å²) in [5.74, 6) is 0.0448. The van der Waals surface area contributed by atoms with E-state index in [1.165, 1.54) is 7.11 Å². The highest BCUT2D eigenvalue weighted by Crippen LogP contribution is 2.26. The number of para-hydroxylation sites is 3. The van der Waals surface area contributed by atoms with Crippen molar-refractivity contribution < 1.29 is 18.5 Å². The molecule has 9 nitrogen and oxygen atoms in total. The van der Waals surface area contributed by atoms with Crippen LogP contribution in [0, 0.1) is 0 Å². The number of nitrogens with zero attached hydrogens (tertiary/aromatic N) is 2. The fourth-order valence-corrected chi connectivity index (χ4v) is 2.67. The van der Waals surface area contributed by atoms with Crippen molar-refractivity contribution in [3.8, 4) is 17.2 Å². The van der Waals surface area contributed by atoms with Crippen molar-refractivity contribution in [1.82, 2.24) is 15.1 Å². The molecule has 0 unspecified atom stereocenters. The number of hydrogen-bond donors (Lipinski definition) is 2. The first-order valence-corrected chi connectivity index (χ1v) is 8.01. The van der Waals surface area contributed by atoms with E-state index in [-0.39, 0.29) is 24.0 Å². The highest BCUT2D eigenvalue weighted by molar-refractivity contribution is 5.93. The second kappa shape index (κ2) is 6.79. The Morgan fingerprint density at radius 2 is 2.07 bits per heavy atom. The van der Waals surface area contributed by atoms with E-state index in [0.29, 0.717) is 28.1 Å². The van der Waals surface area contributed by atoms with Crippen LogP contribution in [0.25, 0.3) is 22.6 Å². The van der Waals surface area contributed by atoms with Crippen molar-refractivity contribution in [2.45, 2.75) is 6.42 Å². The topological polar surface area (TPSA) is 123 Å². The highest BCUT2D eigenvalue weighted by atomic mass is 16.5. The number of rotatable bonds is 5. The van der Waals surface area contributed by atoms with Gasteiger partial charge in [-0.05, 0) is 24.3 Å². The standard InChI is InChI=1S/C18H14N4O5/c1-25-12-7-3-2-6-11(12)19-15(23)9-14-20-17(27-22-14)10-5-4-8-13-16(10)21-18(24)26-13/h2-8H,9H2,1H3,(H,19,23)(H,21,24). The Balaban J connectivity index is 1.54. The Hall–Kier alpha value is -3.88. The van der Waals surface area contributed by atoms with Gasteiger partial charge in [-0.2, -0.15) is 4.98 Å². The molecule has 0 aliphatic heterocycles. The molecule has 9 heteroatoms. The minimum absolute atomic E-state index is 0.0839. The number of anilines is 1. The van der Waals surface area contributed by atoms with Gasteiger partial charge in [-0.3, -0.25) is 9.78 Å². The van der Waals surface area contributed by atoms with E-state index in [2.05, 4.69) is 20.4 Å². The molecule has 0 aliphatic rings. The van der Waals surface area contributed by atoms with Crippen molar-refractivity contribution in [3.05, 3.63) is 58.8 Å². The summed E-state index contributed by atoms with van der Waals surface area (Å²) in [5.41, 5.74) is 1.90. The van der Waals surface area contributed by atoms with Gasteiger partial charge < -0.3 is 19.0 Å². The van der Waals surface area contributed by atoms with E-state index in [1.807, 2.05) is 0 Å². The zero-order chi connectivity index (χ0) is 18.8. The monoisotopic (exact) mass is 366 g/mol. The fourth-order valence-electron chi connectivity index (χ4n) is 2.67. The van der Waals surface area contributed by atoms with Gasteiger partial charge in [0.15, 0.2) is 11.4 Å². The molecule has 0 aliphatic carbocycles. The van der Waals surface area contributed by atoms with Crippen molar-refractivity contribution in [2.75, 3.05) is 12.4 Å². The predicted octanol–water partition coefficient (Wildman–Crippen LogP) is 2.36. The summed E-state index contributed by atoms with van der Waals surface area (Å²) in [6.45, 7) is 0. The quantitative estimate of drug-likeness (QED) is 0.556. The maximum atomic E-state index is 12.3. The number of aromatic amines is 1. The third-order valence-electron chi connectivity index (χ3n) is 3.85. The van der Waals surface area contributed by atoms with Gasteiger partial charge in [0.05, 0.1) is 30.3 Å². The molecule has 4 aromatic rings. The first kappa shape index (κ1) is 16.6. The summed E-state index contributed by atoms with van der Waals surface area (Å²) in [6, 6.07) is 12.1. The van der Waals surface area contributed by atoms with Crippen LogP contribution in [-0.4, -0.2) is 28.1 Å². The SMILES string of the molecule is COc1ccccc1NC(=O)Cc1noc(-c2cccc3oc(=O)[nH]c23)n1. The number of fused-ring (bicyclic) bond motifs is 1. The van der Waals surface area contributed by atoms with Crippen molar-refractivity contribution in [3.63, 3.8) is 0 Å². The molecular formula is C18H14N4O5. The molecule has 0 spiro atoms. The number of benzene rings is 2. The normalized spacial score (nSPS) is 10.9. The Kier molecular flexibility index (Phi) is 4.17. The van der Waals surface area contributed by atoms with Gasteiger partial charge in [0.25, 0.3) is 5.89 Å². The number of H-pyrrole nitrogens is 1. The molecule has 27 heavy (non-hydrogen) atoms. The van der Waals surface area contributed by atoms with E-state index in [1.54, 1.807) is 42.5 Å². The van der Waals surface area contributed by atoms with E-state index >= 15 is 0 Å². The lowest BCUT2D eigenvalue weighted by Crippen LogP contribution is -2.15. The number of hydrogen-bond acceptors (Lipinski definition) is 7. The zero-order valence-electron chi connectivity index (χ0n) is 14.2. The van der Waals surface area contributed by atoms with E-state index in [9.17, 15) is 9.59 Å². The van der Waals surface area contributed by atoms with Crippen molar-refractivity contribution in [2.24, 2.45) is 0 Å². The number of ether oxygens (including phenoxy) is 1. The van der Waals surface area contributed by atoms with E-state index < -0.39 is 5.76 Å². The first-order valence-electron chi connectivity index (χ1n) is 8.01. The Morgan fingerprint density at radius 3 is 2.93 bits per heavy atom. The average Bonchev–Trinajstić information content (AvgIpc) is 3.27. The van der Waals surface area contributed by atoms with Gasteiger partial charge >= 0.3 is 5.76 Å². The van der Waals surface area contributed by atoms with Crippen molar-refractivity contribution >= 4 is 22.7 Å². The molecule has 1 amide bonds. The van der Waals surface area contributed by atoms with E-state index in [0.717, 1.165) is 0 Å². The third-order valence-corrected chi connectivity index (χ3v) is 3.85. The smallest absolute Gasteiger partial charge is 0.417 e. The van der Waals surface area contributed by atoms with Crippen LogP contribution in [-0.2, 0) is 11.2 Å². The summed E-state index contributed by atoms with van der Waals surface area (Å²) in [6.07, 6.45) is -0.0839. The molecule has 2 aromatic carbocycles. The second-order valence-corrected chi connectivity index (χ2v) is 5.63. The maximum Gasteiger partial charge on any atom is 0.417 e. The van der Waals surface area contributed by atoms with Gasteiger partial charge in [-0.15, -0.1) is 0 Å². The number of carbonyl (C=O) groups is 1. The molecule has 0 saturated heterocycles. The van der Waals surface area contributed by atoms with Crippen LogP contribution in [0.3, 0.4) is 0 Å². The summed E-state index contributed by atoms with van der Waals surface area (Å²) >= 11 is 0. The Morgan fingerprint density at radius 1 is 1.22 bits per heavy atom. The lowest BCUT2D eigenvalue weighted by molar-refractivity contribution is -0.115. The van der Waals surface area contributed by atoms with Gasteiger partial charge in [0.2, 0.25) is 5.91 Å². The second-order valence-electron chi connectivity index (χ2n) is 5.63. The van der Waals surface area contributed by atoms with Gasteiger partial charge in [0, 0.05) is 0 Å². The van der Waals surface area contributed by atoms with Gasteiger partial charge in [-0.1, -0.05) is 23.4 Å². The van der Waals surface area contributed by atoms with Gasteiger partial charge in [0.1, 0.15) is 5.75 Å². The molecule has 0 saturated carbocycles. The van der Waals surface area contributed by atoms with Crippen LogP contribution < -0.4 is 15.8 Å². The minimum atomic E-state index is -0.576. The number of methoxy groups -OCH3 is 1. The minimum Gasteiger partial charge on any atom is -0.495 e. The van der Waals surface area contributed by atoms with Crippen LogP contribution >= 0.6 is 0 Å². The molecule has 0 radical (unpaired) electrons. The van der Waals surface area contributed by atoms with Crippen LogP contribution in [0.5, 0.6) is 5.75 Å². The van der Waals surface area contributed by atoms with E-state index in [4.69, 9.17) is 13.7 Å². The lowest BCUT2D eigenvalue weighted by Gasteiger charge is -2.08. The van der Waals surface area contributed by atoms with Crippen LogP contribution in [0.4, 0.5) is 5.69 Å². The van der Waals surface area contributed by atoms with Crippen LogP contribution in [0.15, 0.2) is 56.2 Å². The van der Waals surface area contributed by atoms with Crippen LogP contribution in [0.2, 0.25) is 0 Å². The summed E-state index contributed by atoms with van der Waals surface area (Å²) in [7, 11) is 1.53. The number of nitrogens with one attached hydrogen (secondary N) is 2.